The molecule has 1 saturated heterocycles. The van der Waals surface area contributed by atoms with Crippen molar-refractivity contribution in [1.29, 1.82) is 0 Å². The largest absolute Gasteiger partial charge is 0.335 e. The number of rotatable bonds is 1. The third-order valence-corrected chi connectivity index (χ3v) is 3.00. The molecule has 0 aliphatic carbocycles. The second-order valence-electron chi connectivity index (χ2n) is 3.57. The van der Waals surface area contributed by atoms with Gasteiger partial charge in [-0.2, -0.15) is 0 Å². The summed E-state index contributed by atoms with van der Waals surface area (Å²) in [4.78, 5) is 13.6. The highest BCUT2D eigenvalue weighted by molar-refractivity contribution is 6.39. The maximum absolute atomic E-state index is 11.9. The molecular formula is C10H10Cl2N2O. The van der Waals surface area contributed by atoms with Crippen LogP contribution in [0.5, 0.6) is 0 Å². The first-order chi connectivity index (χ1) is 7.09. The predicted molar refractivity (Wildman–Crippen MR) is 60.3 cm³/mol. The molecule has 2 rings (SSSR count). The summed E-state index contributed by atoms with van der Waals surface area (Å²) in [6, 6.07) is 5.10. The van der Waals surface area contributed by atoms with Crippen LogP contribution < -0.4 is 5.73 Å². The third-order valence-electron chi connectivity index (χ3n) is 2.37. The van der Waals surface area contributed by atoms with E-state index in [0.717, 1.165) is 0 Å². The summed E-state index contributed by atoms with van der Waals surface area (Å²) in [5, 5.41) is 0.765. The molecule has 2 N–H and O–H groups in total. The SMILES string of the molecule is NC1CN(C(=O)c2c(Cl)cccc2Cl)C1. The van der Waals surface area contributed by atoms with Crippen LogP contribution in [0.4, 0.5) is 0 Å². The van der Waals surface area contributed by atoms with Crippen LogP contribution in [0.1, 0.15) is 10.4 Å². The van der Waals surface area contributed by atoms with Gasteiger partial charge in [0.25, 0.3) is 5.91 Å². The quantitative estimate of drug-likeness (QED) is 0.819. The van der Waals surface area contributed by atoms with E-state index >= 15 is 0 Å². The highest BCUT2D eigenvalue weighted by Gasteiger charge is 2.30. The smallest absolute Gasteiger partial charge is 0.256 e. The number of halogens is 2. The van der Waals surface area contributed by atoms with Gasteiger partial charge in [0.15, 0.2) is 0 Å². The highest BCUT2D eigenvalue weighted by Crippen LogP contribution is 2.26. The lowest BCUT2D eigenvalue weighted by Crippen LogP contribution is -2.57. The zero-order chi connectivity index (χ0) is 11.0. The van der Waals surface area contributed by atoms with Gasteiger partial charge in [0.2, 0.25) is 0 Å². The van der Waals surface area contributed by atoms with Crippen molar-refractivity contribution in [3.63, 3.8) is 0 Å². The molecule has 1 aromatic rings. The van der Waals surface area contributed by atoms with E-state index in [9.17, 15) is 4.79 Å². The molecule has 0 aromatic heterocycles. The normalized spacial score (nSPS) is 16.3. The van der Waals surface area contributed by atoms with Crippen LogP contribution in [0.3, 0.4) is 0 Å². The Labute approximate surface area is 97.8 Å². The van der Waals surface area contributed by atoms with E-state index in [2.05, 4.69) is 0 Å². The van der Waals surface area contributed by atoms with Gasteiger partial charge in [-0.25, -0.2) is 0 Å². The average molecular weight is 245 g/mol. The van der Waals surface area contributed by atoms with Crippen LogP contribution in [0.25, 0.3) is 0 Å². The molecule has 1 aliphatic heterocycles. The second kappa shape index (κ2) is 4.00. The molecule has 80 valence electrons. The average Bonchev–Trinajstić information content (AvgIpc) is 2.12. The van der Waals surface area contributed by atoms with E-state index in [-0.39, 0.29) is 11.9 Å². The van der Waals surface area contributed by atoms with E-state index in [1.807, 2.05) is 0 Å². The van der Waals surface area contributed by atoms with E-state index in [1.165, 1.54) is 0 Å². The number of nitrogens with zero attached hydrogens (tertiary/aromatic N) is 1. The lowest BCUT2D eigenvalue weighted by Gasteiger charge is -2.37. The number of nitrogens with two attached hydrogens (primary N) is 1. The van der Waals surface area contributed by atoms with Gasteiger partial charge in [0, 0.05) is 19.1 Å². The first kappa shape index (κ1) is 10.7. The molecule has 1 fully saturated rings. The molecular weight excluding hydrogens is 235 g/mol. The van der Waals surface area contributed by atoms with E-state index < -0.39 is 0 Å². The number of carbonyl (C=O) groups excluding carboxylic acids is 1. The summed E-state index contributed by atoms with van der Waals surface area (Å²) in [6.45, 7) is 1.14. The third kappa shape index (κ3) is 1.95. The molecule has 1 aromatic carbocycles. The van der Waals surface area contributed by atoms with Gasteiger partial charge in [-0.05, 0) is 12.1 Å². The fourth-order valence-electron chi connectivity index (χ4n) is 1.54. The van der Waals surface area contributed by atoms with Crippen LogP contribution >= 0.6 is 23.2 Å². The van der Waals surface area contributed by atoms with Crippen molar-refractivity contribution >= 4 is 29.1 Å². The Bertz CT molecular complexity index is 382. The fourth-order valence-corrected chi connectivity index (χ4v) is 2.10. The summed E-state index contributed by atoms with van der Waals surface area (Å²) < 4.78 is 0. The molecule has 1 aliphatic rings. The molecule has 1 amide bonds. The van der Waals surface area contributed by atoms with Crippen molar-refractivity contribution in [2.45, 2.75) is 6.04 Å². The molecule has 0 bridgehead atoms. The summed E-state index contributed by atoms with van der Waals surface area (Å²) in [6.07, 6.45) is 0. The molecule has 0 atom stereocenters. The maximum Gasteiger partial charge on any atom is 0.256 e. The molecule has 5 heteroatoms. The Morgan fingerprint density at radius 3 is 2.33 bits per heavy atom. The van der Waals surface area contributed by atoms with Crippen molar-refractivity contribution in [3.05, 3.63) is 33.8 Å². The van der Waals surface area contributed by atoms with Gasteiger partial charge in [-0.15, -0.1) is 0 Å². The van der Waals surface area contributed by atoms with Crippen LogP contribution in [0, 0.1) is 0 Å². The highest BCUT2D eigenvalue weighted by atomic mass is 35.5. The zero-order valence-electron chi connectivity index (χ0n) is 7.91. The predicted octanol–water partition coefficient (Wildman–Crippen LogP) is 1.78. The van der Waals surface area contributed by atoms with Gasteiger partial charge < -0.3 is 10.6 Å². The van der Waals surface area contributed by atoms with Gasteiger partial charge >= 0.3 is 0 Å². The number of benzene rings is 1. The Morgan fingerprint density at radius 1 is 1.33 bits per heavy atom. The first-order valence-electron chi connectivity index (χ1n) is 4.58. The molecule has 0 radical (unpaired) electrons. The molecule has 0 spiro atoms. The molecule has 3 nitrogen and oxygen atoms in total. The topological polar surface area (TPSA) is 46.3 Å². The van der Waals surface area contributed by atoms with Gasteiger partial charge in [-0.1, -0.05) is 29.3 Å². The lowest BCUT2D eigenvalue weighted by molar-refractivity contribution is 0.0608. The van der Waals surface area contributed by atoms with Gasteiger partial charge in [0.05, 0.1) is 15.6 Å². The van der Waals surface area contributed by atoms with E-state index in [0.29, 0.717) is 28.7 Å². The van der Waals surface area contributed by atoms with E-state index in [4.69, 9.17) is 28.9 Å². The standard InChI is InChI=1S/C10H10Cl2N2O/c11-7-2-1-3-8(12)9(7)10(15)14-4-6(13)5-14/h1-3,6H,4-5,13H2. The van der Waals surface area contributed by atoms with Crippen LogP contribution in [-0.4, -0.2) is 29.9 Å². The summed E-state index contributed by atoms with van der Waals surface area (Å²) in [7, 11) is 0. The minimum atomic E-state index is -0.146. The van der Waals surface area contributed by atoms with Gasteiger partial charge in [-0.3, -0.25) is 4.79 Å². The van der Waals surface area contributed by atoms with Crippen molar-refractivity contribution < 1.29 is 4.79 Å². The lowest BCUT2D eigenvalue weighted by atomic mass is 10.1. The summed E-state index contributed by atoms with van der Waals surface area (Å²) >= 11 is 11.8. The Kier molecular flexibility index (Phi) is 2.87. The van der Waals surface area contributed by atoms with Crippen molar-refractivity contribution in [1.82, 2.24) is 4.90 Å². The molecule has 1 heterocycles. The second-order valence-corrected chi connectivity index (χ2v) is 4.38. The van der Waals surface area contributed by atoms with Crippen LogP contribution in [-0.2, 0) is 0 Å². The fraction of sp³-hybridized carbons (Fsp3) is 0.300. The number of hydrogen-bond acceptors (Lipinski definition) is 2. The molecule has 0 unspecified atom stereocenters. The monoisotopic (exact) mass is 244 g/mol. The first-order valence-corrected chi connectivity index (χ1v) is 5.34. The van der Waals surface area contributed by atoms with Crippen molar-refractivity contribution in [3.8, 4) is 0 Å². The summed E-state index contributed by atoms with van der Waals surface area (Å²) in [5.41, 5.74) is 5.97. The van der Waals surface area contributed by atoms with Crippen LogP contribution in [0.2, 0.25) is 10.0 Å². The van der Waals surface area contributed by atoms with Crippen LogP contribution in [0.15, 0.2) is 18.2 Å². The Morgan fingerprint density at radius 2 is 1.87 bits per heavy atom. The summed E-state index contributed by atoms with van der Waals surface area (Å²) in [5.74, 6) is -0.146. The Hall–Kier alpha value is -0.770. The number of carbonyl (C=O) groups is 1. The minimum absolute atomic E-state index is 0.0789. The maximum atomic E-state index is 11.9. The molecule has 0 saturated carbocycles. The molecule has 15 heavy (non-hydrogen) atoms. The number of amides is 1. The van der Waals surface area contributed by atoms with E-state index in [1.54, 1.807) is 23.1 Å². The zero-order valence-corrected chi connectivity index (χ0v) is 9.42. The number of likely N-dealkylation sites (tertiary alicyclic amines) is 1. The Balaban J connectivity index is 2.26. The van der Waals surface area contributed by atoms with Gasteiger partial charge in [0.1, 0.15) is 0 Å². The van der Waals surface area contributed by atoms with Crippen molar-refractivity contribution in [2.24, 2.45) is 5.73 Å². The number of hydrogen-bond donors (Lipinski definition) is 1. The van der Waals surface area contributed by atoms with Crippen molar-refractivity contribution in [2.75, 3.05) is 13.1 Å². The minimum Gasteiger partial charge on any atom is -0.335 e.